The Morgan fingerprint density at radius 3 is 1.77 bits per heavy atom. The van der Waals surface area contributed by atoms with Crippen molar-refractivity contribution in [3.63, 3.8) is 0 Å². The van der Waals surface area contributed by atoms with Gasteiger partial charge < -0.3 is 4.90 Å². The molecule has 7 aromatic carbocycles. The fourth-order valence-electron chi connectivity index (χ4n) is 7.45. The molecule has 0 radical (unpaired) electrons. The van der Waals surface area contributed by atoms with E-state index in [2.05, 4.69) is 204 Å². The molecule has 3 nitrogen and oxygen atoms in total. The zero-order chi connectivity index (χ0) is 35.1. The van der Waals surface area contributed by atoms with Crippen molar-refractivity contribution in [1.82, 2.24) is 9.38 Å². The van der Waals surface area contributed by atoms with Gasteiger partial charge in [-0.3, -0.25) is 4.40 Å². The molecule has 10 rings (SSSR count). The lowest BCUT2D eigenvalue weighted by Gasteiger charge is -2.26. The predicted octanol–water partition coefficient (Wildman–Crippen LogP) is 13.8. The first-order chi connectivity index (χ1) is 26.3. The molecular formula is C49H33N3S. The van der Waals surface area contributed by atoms with Gasteiger partial charge in [0.1, 0.15) is 5.65 Å². The van der Waals surface area contributed by atoms with E-state index >= 15 is 0 Å². The molecule has 3 heterocycles. The number of pyridine rings is 1. The molecule has 0 aliphatic carbocycles. The van der Waals surface area contributed by atoms with Gasteiger partial charge in [-0.1, -0.05) is 133 Å². The van der Waals surface area contributed by atoms with E-state index in [1.165, 1.54) is 42.4 Å². The quantitative estimate of drug-likeness (QED) is 0.165. The Hall–Kier alpha value is -6.75. The molecule has 0 saturated heterocycles. The summed E-state index contributed by atoms with van der Waals surface area (Å²) in [6.45, 7) is 0. The molecule has 0 fully saturated rings. The molecular weight excluding hydrogens is 663 g/mol. The summed E-state index contributed by atoms with van der Waals surface area (Å²) in [5.74, 6) is 0. The number of benzene rings is 7. The van der Waals surface area contributed by atoms with Crippen molar-refractivity contribution >= 4 is 54.2 Å². The molecule has 53 heavy (non-hydrogen) atoms. The molecule has 0 amide bonds. The van der Waals surface area contributed by atoms with Gasteiger partial charge in [-0.05, 0) is 82.9 Å². The third kappa shape index (κ3) is 5.66. The molecule has 0 unspecified atom stereocenters. The second-order valence-corrected chi connectivity index (χ2v) is 14.3. The highest BCUT2D eigenvalue weighted by atomic mass is 32.1. The first kappa shape index (κ1) is 31.0. The van der Waals surface area contributed by atoms with Crippen LogP contribution in [0.4, 0.5) is 17.1 Å². The standard InChI is InChI=1S/C49H33N3S/c1-3-12-37(13-4-1)49-48(50-47-20-9-10-31-51(47)49)39-14-11-17-42(32-39)52(40-15-5-2-6-16-40)41-28-25-35(26-29-41)34-21-23-36(24-22-34)38-27-30-44-43-18-7-8-19-45(43)53-46(44)33-38/h1-33H. The number of anilines is 3. The van der Waals surface area contributed by atoms with Gasteiger partial charge in [0.2, 0.25) is 0 Å². The third-order valence-electron chi connectivity index (χ3n) is 10.0. The van der Waals surface area contributed by atoms with Crippen molar-refractivity contribution in [2.75, 3.05) is 4.90 Å². The van der Waals surface area contributed by atoms with Gasteiger partial charge >= 0.3 is 0 Å². The Morgan fingerprint density at radius 1 is 0.396 bits per heavy atom. The minimum absolute atomic E-state index is 0.924. The predicted molar refractivity (Wildman–Crippen MR) is 225 cm³/mol. The number of para-hydroxylation sites is 1. The smallest absolute Gasteiger partial charge is 0.137 e. The molecule has 0 aliphatic heterocycles. The van der Waals surface area contributed by atoms with Crippen molar-refractivity contribution < 1.29 is 0 Å². The lowest BCUT2D eigenvalue weighted by atomic mass is 9.99. The van der Waals surface area contributed by atoms with Gasteiger partial charge in [-0.25, -0.2) is 4.98 Å². The van der Waals surface area contributed by atoms with E-state index in [-0.39, 0.29) is 0 Å². The summed E-state index contributed by atoms with van der Waals surface area (Å²) in [5, 5.41) is 2.66. The topological polar surface area (TPSA) is 20.5 Å². The zero-order valence-corrected chi connectivity index (χ0v) is 29.6. The minimum atomic E-state index is 0.924. The first-order valence-corrected chi connectivity index (χ1v) is 18.7. The average Bonchev–Trinajstić information content (AvgIpc) is 3.81. The van der Waals surface area contributed by atoms with E-state index in [0.29, 0.717) is 0 Å². The fourth-order valence-corrected chi connectivity index (χ4v) is 8.59. The number of nitrogens with zero attached hydrogens (tertiary/aromatic N) is 3. The van der Waals surface area contributed by atoms with Gasteiger partial charge in [0.15, 0.2) is 0 Å². The number of hydrogen-bond acceptors (Lipinski definition) is 3. The van der Waals surface area contributed by atoms with Crippen LogP contribution in [-0.2, 0) is 0 Å². The number of fused-ring (bicyclic) bond motifs is 4. The maximum absolute atomic E-state index is 5.14. The maximum atomic E-state index is 5.14. The van der Waals surface area contributed by atoms with E-state index in [4.69, 9.17) is 4.98 Å². The van der Waals surface area contributed by atoms with Crippen LogP contribution in [0.1, 0.15) is 0 Å². The number of aromatic nitrogens is 2. The Balaban J connectivity index is 0.987. The summed E-state index contributed by atoms with van der Waals surface area (Å²) in [6.07, 6.45) is 2.09. The van der Waals surface area contributed by atoms with Crippen LogP contribution in [0.3, 0.4) is 0 Å². The molecule has 0 spiro atoms. The maximum Gasteiger partial charge on any atom is 0.137 e. The molecule has 3 aromatic heterocycles. The van der Waals surface area contributed by atoms with Gasteiger partial charge in [0.05, 0.1) is 11.4 Å². The highest BCUT2D eigenvalue weighted by Crippen LogP contribution is 2.40. The molecule has 4 heteroatoms. The SMILES string of the molecule is c1ccc(-c2c(-c3cccc(N(c4ccccc4)c4ccc(-c5ccc(-c6ccc7c(c6)sc6ccccc67)cc5)cc4)c3)nc3ccccn23)cc1. The number of imidazole rings is 1. The number of thiophene rings is 1. The third-order valence-corrected chi connectivity index (χ3v) is 11.2. The molecule has 250 valence electrons. The highest BCUT2D eigenvalue weighted by molar-refractivity contribution is 7.25. The second-order valence-electron chi connectivity index (χ2n) is 13.3. The van der Waals surface area contributed by atoms with E-state index < -0.39 is 0 Å². The van der Waals surface area contributed by atoms with Gasteiger partial charge in [-0.15, -0.1) is 11.3 Å². The monoisotopic (exact) mass is 695 g/mol. The lowest BCUT2D eigenvalue weighted by molar-refractivity contribution is 1.19. The number of hydrogen-bond donors (Lipinski definition) is 0. The second kappa shape index (κ2) is 13.1. The van der Waals surface area contributed by atoms with Crippen LogP contribution in [0.25, 0.3) is 70.6 Å². The molecule has 0 bridgehead atoms. The summed E-state index contributed by atoms with van der Waals surface area (Å²) < 4.78 is 4.84. The van der Waals surface area contributed by atoms with E-state index in [0.717, 1.165) is 45.2 Å². The molecule has 0 aliphatic rings. The molecule has 0 atom stereocenters. The Labute approximate surface area is 312 Å². The summed E-state index contributed by atoms with van der Waals surface area (Å²) in [5.41, 5.74) is 13.2. The summed E-state index contributed by atoms with van der Waals surface area (Å²) in [7, 11) is 0. The van der Waals surface area contributed by atoms with Crippen molar-refractivity contribution in [1.29, 1.82) is 0 Å². The van der Waals surface area contributed by atoms with Crippen molar-refractivity contribution in [3.05, 3.63) is 200 Å². The summed E-state index contributed by atoms with van der Waals surface area (Å²) in [6, 6.07) is 69.3. The summed E-state index contributed by atoms with van der Waals surface area (Å²) in [4.78, 5) is 7.46. The van der Waals surface area contributed by atoms with Gasteiger partial charge in [0.25, 0.3) is 0 Å². The van der Waals surface area contributed by atoms with Crippen LogP contribution < -0.4 is 4.90 Å². The van der Waals surface area contributed by atoms with Crippen LogP contribution in [-0.4, -0.2) is 9.38 Å². The van der Waals surface area contributed by atoms with Crippen LogP contribution in [0.5, 0.6) is 0 Å². The van der Waals surface area contributed by atoms with Crippen LogP contribution >= 0.6 is 11.3 Å². The van der Waals surface area contributed by atoms with E-state index in [1.807, 2.05) is 17.4 Å². The largest absolute Gasteiger partial charge is 0.310 e. The van der Waals surface area contributed by atoms with Crippen molar-refractivity contribution in [2.45, 2.75) is 0 Å². The summed E-state index contributed by atoms with van der Waals surface area (Å²) >= 11 is 1.86. The normalized spacial score (nSPS) is 11.4. The average molecular weight is 696 g/mol. The lowest BCUT2D eigenvalue weighted by Crippen LogP contribution is -2.09. The fraction of sp³-hybridized carbons (Fsp3) is 0. The number of rotatable bonds is 7. The molecule has 0 N–H and O–H groups in total. The van der Waals surface area contributed by atoms with Crippen LogP contribution in [0, 0.1) is 0 Å². The van der Waals surface area contributed by atoms with Crippen LogP contribution in [0.2, 0.25) is 0 Å². The molecule has 0 saturated carbocycles. The van der Waals surface area contributed by atoms with Crippen molar-refractivity contribution in [3.8, 4) is 44.8 Å². The Kier molecular flexibility index (Phi) is 7.67. The Bertz CT molecular complexity index is 2870. The van der Waals surface area contributed by atoms with E-state index in [9.17, 15) is 0 Å². The Morgan fingerprint density at radius 2 is 0.981 bits per heavy atom. The molecule has 10 aromatic rings. The van der Waals surface area contributed by atoms with Gasteiger partial charge in [-0.2, -0.15) is 0 Å². The van der Waals surface area contributed by atoms with Crippen LogP contribution in [0.15, 0.2) is 200 Å². The van der Waals surface area contributed by atoms with Crippen molar-refractivity contribution in [2.24, 2.45) is 0 Å². The first-order valence-electron chi connectivity index (χ1n) is 17.9. The minimum Gasteiger partial charge on any atom is -0.310 e. The van der Waals surface area contributed by atoms with E-state index in [1.54, 1.807) is 0 Å². The zero-order valence-electron chi connectivity index (χ0n) is 28.8. The van der Waals surface area contributed by atoms with Gasteiger partial charge in [0, 0.05) is 54.6 Å². The highest BCUT2D eigenvalue weighted by Gasteiger charge is 2.19.